The number of benzene rings is 2. The zero-order chi connectivity index (χ0) is 13.7. The Balaban J connectivity index is 2.04. The maximum Gasteiger partial charge on any atom is 0.177 e. The largest absolute Gasteiger partial charge is 0.497 e. The van der Waals surface area contributed by atoms with Gasteiger partial charge in [0.15, 0.2) is 5.11 Å². The molecular weight excluding hydrogens is 256 g/mol. The molecule has 2 aromatic rings. The van der Waals surface area contributed by atoms with Gasteiger partial charge in [0.1, 0.15) is 5.75 Å². The molecule has 0 aliphatic heterocycles. The Morgan fingerprint density at radius 3 is 2.26 bits per heavy atom. The molecule has 19 heavy (non-hydrogen) atoms. The summed E-state index contributed by atoms with van der Waals surface area (Å²) in [5, 5.41) is 3.84. The second-order valence-electron chi connectivity index (χ2n) is 4.05. The molecule has 1 N–H and O–H groups in total. The van der Waals surface area contributed by atoms with Crippen LogP contribution >= 0.6 is 12.2 Å². The minimum atomic E-state index is 0.649. The van der Waals surface area contributed by atoms with Crippen LogP contribution in [0.2, 0.25) is 0 Å². The van der Waals surface area contributed by atoms with Gasteiger partial charge in [-0.05, 0) is 48.6 Å². The highest BCUT2D eigenvalue weighted by Gasteiger charge is 2.06. The number of hydrogen-bond acceptors (Lipinski definition) is 2. The van der Waals surface area contributed by atoms with Crippen molar-refractivity contribution in [2.75, 3.05) is 24.4 Å². The molecule has 0 aromatic heterocycles. The average molecular weight is 272 g/mol. The number of anilines is 2. The van der Waals surface area contributed by atoms with Crippen LogP contribution in [0.3, 0.4) is 0 Å². The predicted molar refractivity (Wildman–Crippen MR) is 84.1 cm³/mol. The number of nitrogens with one attached hydrogen (secondary N) is 1. The fourth-order valence-corrected chi connectivity index (χ4v) is 1.87. The van der Waals surface area contributed by atoms with Crippen LogP contribution in [0, 0.1) is 0 Å². The van der Waals surface area contributed by atoms with Gasteiger partial charge in [0.2, 0.25) is 0 Å². The predicted octanol–water partition coefficient (Wildman–Crippen LogP) is 3.53. The molecule has 0 bridgehead atoms. The van der Waals surface area contributed by atoms with Gasteiger partial charge < -0.3 is 15.0 Å². The Hall–Kier alpha value is -2.07. The smallest absolute Gasteiger partial charge is 0.177 e. The number of para-hydroxylation sites is 1. The summed E-state index contributed by atoms with van der Waals surface area (Å²) in [7, 11) is 3.59. The van der Waals surface area contributed by atoms with Crippen LogP contribution in [0.5, 0.6) is 5.75 Å². The normalized spacial score (nSPS) is 9.79. The molecule has 3 nitrogen and oxygen atoms in total. The van der Waals surface area contributed by atoms with E-state index in [0.29, 0.717) is 5.11 Å². The maximum absolute atomic E-state index is 5.39. The number of rotatable bonds is 3. The first-order valence-corrected chi connectivity index (χ1v) is 6.35. The molecule has 0 spiro atoms. The summed E-state index contributed by atoms with van der Waals surface area (Å²) in [6.45, 7) is 0. The standard InChI is InChI=1S/C15H16N2OS/c1-17(13-6-4-3-5-7-13)15(19)16-12-8-10-14(18-2)11-9-12/h3-11H,1-2H3,(H,16,19). The van der Waals surface area contributed by atoms with Gasteiger partial charge in [-0.1, -0.05) is 18.2 Å². The van der Waals surface area contributed by atoms with Gasteiger partial charge in [0.05, 0.1) is 7.11 Å². The summed E-state index contributed by atoms with van der Waals surface area (Å²) in [5.41, 5.74) is 1.99. The summed E-state index contributed by atoms with van der Waals surface area (Å²) in [5.74, 6) is 0.827. The van der Waals surface area contributed by atoms with Crippen molar-refractivity contribution in [2.24, 2.45) is 0 Å². The summed E-state index contributed by atoms with van der Waals surface area (Å²) < 4.78 is 5.12. The zero-order valence-corrected chi connectivity index (χ0v) is 11.8. The third kappa shape index (κ3) is 3.45. The SMILES string of the molecule is COc1ccc(NC(=S)N(C)c2ccccc2)cc1. The van der Waals surface area contributed by atoms with E-state index in [4.69, 9.17) is 17.0 Å². The van der Waals surface area contributed by atoms with Crippen molar-refractivity contribution in [3.8, 4) is 5.75 Å². The first-order valence-electron chi connectivity index (χ1n) is 5.94. The Bertz CT molecular complexity index is 540. The van der Waals surface area contributed by atoms with E-state index in [2.05, 4.69) is 5.32 Å². The van der Waals surface area contributed by atoms with Crippen molar-refractivity contribution in [1.82, 2.24) is 0 Å². The van der Waals surface area contributed by atoms with Crippen LogP contribution in [-0.2, 0) is 0 Å². The average Bonchev–Trinajstić information content (AvgIpc) is 2.48. The van der Waals surface area contributed by atoms with Gasteiger partial charge in [0, 0.05) is 18.4 Å². The molecule has 0 fully saturated rings. The maximum atomic E-state index is 5.39. The van der Waals surface area contributed by atoms with Crippen LogP contribution in [0.1, 0.15) is 0 Å². The van der Waals surface area contributed by atoms with Gasteiger partial charge in [-0.2, -0.15) is 0 Å². The zero-order valence-electron chi connectivity index (χ0n) is 11.0. The molecule has 0 saturated heterocycles. The first kappa shape index (κ1) is 13.4. The van der Waals surface area contributed by atoms with Gasteiger partial charge in [-0.15, -0.1) is 0 Å². The fraction of sp³-hybridized carbons (Fsp3) is 0.133. The molecule has 0 atom stereocenters. The highest BCUT2D eigenvalue weighted by atomic mass is 32.1. The summed E-state index contributed by atoms with van der Waals surface area (Å²) >= 11 is 5.39. The Labute approximate surface area is 118 Å². The molecule has 98 valence electrons. The molecule has 0 aliphatic carbocycles. The van der Waals surface area contributed by atoms with Crippen molar-refractivity contribution >= 4 is 28.7 Å². The van der Waals surface area contributed by atoms with E-state index in [9.17, 15) is 0 Å². The van der Waals surface area contributed by atoms with Gasteiger partial charge in [0.25, 0.3) is 0 Å². The van der Waals surface area contributed by atoms with Crippen LogP contribution in [0.25, 0.3) is 0 Å². The molecule has 2 rings (SSSR count). The van der Waals surface area contributed by atoms with Gasteiger partial charge >= 0.3 is 0 Å². The number of ether oxygens (including phenoxy) is 1. The van der Waals surface area contributed by atoms with Crippen molar-refractivity contribution < 1.29 is 4.74 Å². The summed E-state index contributed by atoms with van der Waals surface area (Å²) in [6, 6.07) is 17.7. The van der Waals surface area contributed by atoms with E-state index in [-0.39, 0.29) is 0 Å². The van der Waals surface area contributed by atoms with Crippen molar-refractivity contribution in [3.63, 3.8) is 0 Å². The van der Waals surface area contributed by atoms with Crippen molar-refractivity contribution in [3.05, 3.63) is 54.6 Å². The van der Waals surface area contributed by atoms with E-state index in [1.807, 2.05) is 66.5 Å². The molecule has 0 amide bonds. The van der Waals surface area contributed by atoms with E-state index < -0.39 is 0 Å². The van der Waals surface area contributed by atoms with Crippen molar-refractivity contribution in [1.29, 1.82) is 0 Å². The third-order valence-electron chi connectivity index (χ3n) is 2.79. The lowest BCUT2D eigenvalue weighted by molar-refractivity contribution is 0.415. The Morgan fingerprint density at radius 2 is 1.68 bits per heavy atom. The van der Waals surface area contributed by atoms with Crippen LogP contribution in [-0.4, -0.2) is 19.3 Å². The number of hydrogen-bond donors (Lipinski definition) is 1. The number of methoxy groups -OCH3 is 1. The quantitative estimate of drug-likeness (QED) is 0.864. The molecule has 0 saturated carbocycles. The second-order valence-corrected chi connectivity index (χ2v) is 4.44. The Morgan fingerprint density at radius 1 is 1.05 bits per heavy atom. The van der Waals surface area contributed by atoms with Crippen LogP contribution < -0.4 is 15.0 Å². The van der Waals surface area contributed by atoms with Gasteiger partial charge in [-0.25, -0.2) is 0 Å². The minimum Gasteiger partial charge on any atom is -0.497 e. The highest BCUT2D eigenvalue weighted by Crippen LogP contribution is 2.17. The number of nitrogens with zero attached hydrogens (tertiary/aromatic N) is 1. The lowest BCUT2D eigenvalue weighted by Gasteiger charge is -2.21. The summed E-state index contributed by atoms with van der Waals surface area (Å²) in [6.07, 6.45) is 0. The third-order valence-corrected chi connectivity index (χ3v) is 3.17. The lowest BCUT2D eigenvalue weighted by atomic mass is 10.3. The van der Waals surface area contributed by atoms with E-state index in [1.165, 1.54) is 0 Å². The lowest BCUT2D eigenvalue weighted by Crippen LogP contribution is -2.30. The van der Waals surface area contributed by atoms with Gasteiger partial charge in [-0.3, -0.25) is 0 Å². The second kappa shape index (κ2) is 6.20. The van der Waals surface area contributed by atoms with Crippen molar-refractivity contribution in [2.45, 2.75) is 0 Å². The van der Waals surface area contributed by atoms with E-state index >= 15 is 0 Å². The fourth-order valence-electron chi connectivity index (χ4n) is 1.65. The molecule has 0 heterocycles. The van der Waals surface area contributed by atoms with Crippen LogP contribution in [0.4, 0.5) is 11.4 Å². The monoisotopic (exact) mass is 272 g/mol. The first-order chi connectivity index (χ1) is 9.20. The van der Waals surface area contributed by atoms with E-state index in [1.54, 1.807) is 7.11 Å². The topological polar surface area (TPSA) is 24.5 Å². The molecule has 0 aliphatic rings. The summed E-state index contributed by atoms with van der Waals surface area (Å²) in [4.78, 5) is 1.93. The molecule has 0 unspecified atom stereocenters. The molecule has 4 heteroatoms. The molecule has 2 aromatic carbocycles. The number of thiocarbonyl (C=S) groups is 1. The minimum absolute atomic E-state index is 0.649. The Kier molecular flexibility index (Phi) is 4.36. The van der Waals surface area contributed by atoms with Crippen LogP contribution in [0.15, 0.2) is 54.6 Å². The van der Waals surface area contributed by atoms with E-state index in [0.717, 1.165) is 17.1 Å². The highest BCUT2D eigenvalue weighted by molar-refractivity contribution is 7.80. The molecular formula is C15H16N2OS. The molecule has 0 radical (unpaired) electrons.